The van der Waals surface area contributed by atoms with Crippen LogP contribution in [0.3, 0.4) is 0 Å². The molecule has 0 spiro atoms. The van der Waals surface area contributed by atoms with Crippen LogP contribution in [-0.4, -0.2) is 10.9 Å². The summed E-state index contributed by atoms with van der Waals surface area (Å²) < 4.78 is 0. The van der Waals surface area contributed by atoms with Crippen LogP contribution in [0.25, 0.3) is 10.9 Å². The standard InChI is InChI=1S/C18H15N3O/c1-12(14-5-3-2-4-6-14)20-18(22)17-10-15-8-7-13(11-19)9-16(15)21-17/h2-10,12,21H,1H3,(H,20,22). The first-order valence-electron chi connectivity index (χ1n) is 7.06. The fourth-order valence-electron chi connectivity index (χ4n) is 2.42. The number of hydrogen-bond acceptors (Lipinski definition) is 2. The Morgan fingerprint density at radius 3 is 2.68 bits per heavy atom. The normalized spacial score (nSPS) is 11.8. The van der Waals surface area contributed by atoms with Gasteiger partial charge in [-0.3, -0.25) is 4.79 Å². The molecule has 3 rings (SSSR count). The number of carbonyl (C=O) groups excluding carboxylic acids is 1. The van der Waals surface area contributed by atoms with Gasteiger partial charge in [0.15, 0.2) is 0 Å². The highest BCUT2D eigenvalue weighted by molar-refractivity contribution is 5.98. The van der Waals surface area contributed by atoms with Gasteiger partial charge >= 0.3 is 0 Å². The second-order valence-electron chi connectivity index (χ2n) is 5.20. The molecule has 0 saturated carbocycles. The molecule has 4 nitrogen and oxygen atoms in total. The van der Waals surface area contributed by atoms with Crippen molar-refractivity contribution in [1.29, 1.82) is 5.26 Å². The van der Waals surface area contributed by atoms with E-state index in [1.54, 1.807) is 18.2 Å². The molecule has 3 aromatic rings. The maximum Gasteiger partial charge on any atom is 0.268 e. The summed E-state index contributed by atoms with van der Waals surface area (Å²) in [4.78, 5) is 15.4. The average molecular weight is 289 g/mol. The number of hydrogen-bond donors (Lipinski definition) is 2. The predicted molar refractivity (Wildman–Crippen MR) is 85.3 cm³/mol. The zero-order chi connectivity index (χ0) is 15.5. The highest BCUT2D eigenvalue weighted by Crippen LogP contribution is 2.18. The van der Waals surface area contributed by atoms with Gasteiger partial charge in [0.25, 0.3) is 5.91 Å². The van der Waals surface area contributed by atoms with E-state index in [0.717, 1.165) is 16.5 Å². The minimum atomic E-state index is -0.161. The number of nitriles is 1. The fraction of sp³-hybridized carbons (Fsp3) is 0.111. The molecule has 4 heteroatoms. The zero-order valence-corrected chi connectivity index (χ0v) is 12.1. The Labute approximate surface area is 128 Å². The lowest BCUT2D eigenvalue weighted by molar-refractivity contribution is 0.0935. The summed E-state index contributed by atoms with van der Waals surface area (Å²) in [6, 6.07) is 18.9. The van der Waals surface area contributed by atoms with Crippen LogP contribution in [0.5, 0.6) is 0 Å². The van der Waals surface area contributed by atoms with E-state index in [4.69, 9.17) is 5.26 Å². The van der Waals surface area contributed by atoms with E-state index in [0.29, 0.717) is 11.3 Å². The topological polar surface area (TPSA) is 68.7 Å². The Hall–Kier alpha value is -3.06. The third-order valence-electron chi connectivity index (χ3n) is 3.64. The summed E-state index contributed by atoms with van der Waals surface area (Å²) in [6.45, 7) is 1.95. The molecule has 0 aliphatic rings. The molecular weight excluding hydrogens is 274 g/mol. The highest BCUT2D eigenvalue weighted by atomic mass is 16.1. The lowest BCUT2D eigenvalue weighted by atomic mass is 10.1. The van der Waals surface area contributed by atoms with E-state index in [9.17, 15) is 4.79 Å². The van der Waals surface area contributed by atoms with Crippen molar-refractivity contribution >= 4 is 16.8 Å². The number of nitrogens with zero attached hydrogens (tertiary/aromatic N) is 1. The van der Waals surface area contributed by atoms with Crippen LogP contribution in [0.2, 0.25) is 0 Å². The van der Waals surface area contributed by atoms with E-state index in [1.165, 1.54) is 0 Å². The lowest BCUT2D eigenvalue weighted by Gasteiger charge is -2.13. The van der Waals surface area contributed by atoms with Gasteiger partial charge in [-0.1, -0.05) is 36.4 Å². The second kappa shape index (κ2) is 5.74. The third kappa shape index (κ3) is 2.70. The van der Waals surface area contributed by atoms with Crippen LogP contribution in [0.1, 0.15) is 34.6 Å². The summed E-state index contributed by atoms with van der Waals surface area (Å²) in [6.07, 6.45) is 0. The van der Waals surface area contributed by atoms with Gasteiger partial charge in [0.05, 0.1) is 17.7 Å². The predicted octanol–water partition coefficient (Wildman–Crippen LogP) is 3.53. The summed E-state index contributed by atoms with van der Waals surface area (Å²) in [5.41, 5.74) is 2.90. The Morgan fingerprint density at radius 2 is 1.95 bits per heavy atom. The van der Waals surface area contributed by atoms with E-state index in [-0.39, 0.29) is 11.9 Å². The average Bonchev–Trinajstić information content (AvgIpc) is 2.98. The van der Waals surface area contributed by atoms with Crippen LogP contribution in [-0.2, 0) is 0 Å². The van der Waals surface area contributed by atoms with Crippen LogP contribution in [0.4, 0.5) is 0 Å². The van der Waals surface area contributed by atoms with Crippen molar-refractivity contribution in [3.63, 3.8) is 0 Å². The maximum atomic E-state index is 12.3. The Balaban J connectivity index is 1.82. The first kappa shape index (κ1) is 13.9. The minimum Gasteiger partial charge on any atom is -0.350 e. The first-order chi connectivity index (χ1) is 10.7. The zero-order valence-electron chi connectivity index (χ0n) is 12.1. The Morgan fingerprint density at radius 1 is 1.18 bits per heavy atom. The Kier molecular flexibility index (Phi) is 3.63. The van der Waals surface area contributed by atoms with Crippen molar-refractivity contribution in [1.82, 2.24) is 10.3 Å². The molecule has 1 heterocycles. The SMILES string of the molecule is CC(NC(=O)c1cc2ccc(C#N)cc2[nH]1)c1ccccc1. The molecule has 22 heavy (non-hydrogen) atoms. The number of aromatic nitrogens is 1. The van der Waals surface area contributed by atoms with Crippen LogP contribution in [0, 0.1) is 11.3 Å². The minimum absolute atomic E-state index is 0.0743. The molecule has 1 aromatic heterocycles. The number of nitrogens with one attached hydrogen (secondary N) is 2. The number of amides is 1. The van der Waals surface area contributed by atoms with Gasteiger partial charge in [-0.05, 0) is 30.7 Å². The molecule has 0 fully saturated rings. The van der Waals surface area contributed by atoms with Gasteiger partial charge in [-0.2, -0.15) is 5.26 Å². The van der Waals surface area contributed by atoms with Crippen molar-refractivity contribution in [3.8, 4) is 6.07 Å². The molecule has 0 aliphatic carbocycles. The van der Waals surface area contributed by atoms with Gasteiger partial charge in [-0.15, -0.1) is 0 Å². The van der Waals surface area contributed by atoms with E-state index >= 15 is 0 Å². The molecule has 108 valence electrons. The molecule has 0 bridgehead atoms. The monoisotopic (exact) mass is 289 g/mol. The van der Waals surface area contributed by atoms with Crippen LogP contribution >= 0.6 is 0 Å². The summed E-state index contributed by atoms with van der Waals surface area (Å²) in [5, 5.41) is 12.8. The van der Waals surface area contributed by atoms with Crippen molar-refractivity contribution in [2.45, 2.75) is 13.0 Å². The second-order valence-corrected chi connectivity index (χ2v) is 5.20. The number of aromatic amines is 1. The smallest absolute Gasteiger partial charge is 0.268 e. The number of H-pyrrole nitrogens is 1. The highest BCUT2D eigenvalue weighted by Gasteiger charge is 2.13. The first-order valence-corrected chi connectivity index (χ1v) is 7.06. The van der Waals surface area contributed by atoms with Gasteiger partial charge in [0, 0.05) is 10.9 Å². The Bertz CT molecular complexity index is 859. The van der Waals surface area contributed by atoms with Crippen molar-refractivity contribution in [3.05, 3.63) is 71.4 Å². The van der Waals surface area contributed by atoms with Crippen molar-refractivity contribution in [2.24, 2.45) is 0 Å². The molecule has 1 unspecified atom stereocenters. The molecule has 2 aromatic carbocycles. The number of benzene rings is 2. The number of fused-ring (bicyclic) bond motifs is 1. The fourth-order valence-corrected chi connectivity index (χ4v) is 2.42. The molecule has 0 radical (unpaired) electrons. The van der Waals surface area contributed by atoms with Crippen molar-refractivity contribution < 1.29 is 4.79 Å². The number of rotatable bonds is 3. The largest absolute Gasteiger partial charge is 0.350 e. The maximum absolute atomic E-state index is 12.3. The summed E-state index contributed by atoms with van der Waals surface area (Å²) in [5.74, 6) is -0.161. The third-order valence-corrected chi connectivity index (χ3v) is 3.64. The van der Waals surface area contributed by atoms with Gasteiger partial charge < -0.3 is 10.3 Å². The van der Waals surface area contributed by atoms with Crippen LogP contribution in [0.15, 0.2) is 54.6 Å². The quantitative estimate of drug-likeness (QED) is 0.774. The van der Waals surface area contributed by atoms with E-state index in [2.05, 4.69) is 16.4 Å². The van der Waals surface area contributed by atoms with Gasteiger partial charge in [0.2, 0.25) is 0 Å². The molecule has 1 atom stereocenters. The molecule has 0 saturated heterocycles. The van der Waals surface area contributed by atoms with E-state index < -0.39 is 0 Å². The molecule has 2 N–H and O–H groups in total. The molecule has 1 amide bonds. The van der Waals surface area contributed by atoms with Gasteiger partial charge in [0.1, 0.15) is 5.69 Å². The molecular formula is C18H15N3O. The van der Waals surface area contributed by atoms with E-state index in [1.807, 2.05) is 43.3 Å². The lowest BCUT2D eigenvalue weighted by Crippen LogP contribution is -2.26. The molecule has 0 aliphatic heterocycles. The number of carbonyl (C=O) groups is 1. The van der Waals surface area contributed by atoms with Crippen molar-refractivity contribution in [2.75, 3.05) is 0 Å². The van der Waals surface area contributed by atoms with Crippen LogP contribution < -0.4 is 5.32 Å². The van der Waals surface area contributed by atoms with Gasteiger partial charge in [-0.25, -0.2) is 0 Å². The summed E-state index contributed by atoms with van der Waals surface area (Å²) >= 11 is 0. The summed E-state index contributed by atoms with van der Waals surface area (Å²) in [7, 11) is 0.